The highest BCUT2D eigenvalue weighted by molar-refractivity contribution is 5.21. The Bertz CT molecular complexity index is 355. The van der Waals surface area contributed by atoms with Gasteiger partial charge in [-0.1, -0.05) is 0 Å². The van der Waals surface area contributed by atoms with Gasteiger partial charge in [0.2, 0.25) is 0 Å². The first kappa shape index (κ1) is 10.1. The SMILES string of the molecule is O=[N+]([O-])c1cnn(C2CCC(O)CC2)c1. The zero-order chi connectivity index (χ0) is 10.8. The fraction of sp³-hybridized carbons (Fsp3) is 0.667. The van der Waals surface area contributed by atoms with Crippen LogP contribution in [0, 0.1) is 10.1 Å². The molecule has 1 fully saturated rings. The number of nitro groups is 1. The highest BCUT2D eigenvalue weighted by Gasteiger charge is 2.22. The van der Waals surface area contributed by atoms with Crippen LogP contribution in [-0.4, -0.2) is 25.9 Å². The molecule has 0 radical (unpaired) electrons. The van der Waals surface area contributed by atoms with E-state index in [1.165, 1.54) is 12.4 Å². The number of rotatable bonds is 2. The molecule has 6 heteroatoms. The third-order valence-corrected chi connectivity index (χ3v) is 2.84. The number of nitrogens with zero attached hydrogens (tertiary/aromatic N) is 3. The Labute approximate surface area is 86.7 Å². The topological polar surface area (TPSA) is 81.2 Å². The normalized spacial score (nSPS) is 26.5. The summed E-state index contributed by atoms with van der Waals surface area (Å²) in [5.41, 5.74) is 0.0288. The average Bonchev–Trinajstić information content (AvgIpc) is 2.68. The molecule has 1 aromatic rings. The van der Waals surface area contributed by atoms with Crippen LogP contribution in [-0.2, 0) is 0 Å². The van der Waals surface area contributed by atoms with Crippen molar-refractivity contribution < 1.29 is 10.0 Å². The number of hydrogen-bond acceptors (Lipinski definition) is 4. The summed E-state index contributed by atoms with van der Waals surface area (Å²) in [4.78, 5) is 10.0. The number of hydrogen-bond donors (Lipinski definition) is 1. The summed E-state index contributed by atoms with van der Waals surface area (Å²) in [6.45, 7) is 0. The maximum Gasteiger partial charge on any atom is 0.307 e. The Kier molecular flexibility index (Phi) is 2.68. The molecule has 1 aliphatic rings. The van der Waals surface area contributed by atoms with Crippen LogP contribution in [0.4, 0.5) is 5.69 Å². The molecule has 2 rings (SSSR count). The van der Waals surface area contributed by atoms with Crippen molar-refractivity contribution in [2.45, 2.75) is 37.8 Å². The second-order valence-electron chi connectivity index (χ2n) is 3.90. The first-order valence-corrected chi connectivity index (χ1v) is 5.03. The van der Waals surface area contributed by atoms with E-state index in [4.69, 9.17) is 0 Å². The molecule has 1 heterocycles. The standard InChI is InChI=1S/C9H13N3O3/c13-9-3-1-7(2-4-9)11-6-8(5-10-11)12(14)15/h5-7,9,13H,1-4H2. The molecule has 1 aromatic heterocycles. The van der Waals surface area contributed by atoms with Gasteiger partial charge in [-0.3, -0.25) is 14.8 Å². The zero-order valence-electron chi connectivity index (χ0n) is 8.24. The van der Waals surface area contributed by atoms with Crippen LogP contribution in [0.3, 0.4) is 0 Å². The maximum atomic E-state index is 10.5. The van der Waals surface area contributed by atoms with Crippen molar-refractivity contribution in [3.63, 3.8) is 0 Å². The molecule has 0 aromatic carbocycles. The Hall–Kier alpha value is -1.43. The van der Waals surface area contributed by atoms with Crippen molar-refractivity contribution in [3.05, 3.63) is 22.5 Å². The van der Waals surface area contributed by atoms with E-state index in [0.29, 0.717) is 0 Å². The van der Waals surface area contributed by atoms with Gasteiger partial charge in [0.25, 0.3) is 0 Å². The largest absolute Gasteiger partial charge is 0.393 e. The van der Waals surface area contributed by atoms with E-state index in [-0.39, 0.29) is 17.8 Å². The molecule has 0 atom stereocenters. The highest BCUT2D eigenvalue weighted by atomic mass is 16.6. The highest BCUT2D eigenvalue weighted by Crippen LogP contribution is 2.28. The van der Waals surface area contributed by atoms with Crippen molar-refractivity contribution in [1.29, 1.82) is 0 Å². The lowest BCUT2D eigenvalue weighted by Crippen LogP contribution is -2.21. The van der Waals surface area contributed by atoms with Gasteiger partial charge in [-0.05, 0) is 25.7 Å². The lowest BCUT2D eigenvalue weighted by molar-refractivity contribution is -0.385. The van der Waals surface area contributed by atoms with E-state index < -0.39 is 4.92 Å². The molecule has 0 amide bonds. The van der Waals surface area contributed by atoms with Crippen LogP contribution in [0.1, 0.15) is 31.7 Å². The summed E-state index contributed by atoms with van der Waals surface area (Å²) in [6, 6.07) is 0.196. The third kappa shape index (κ3) is 2.15. The van der Waals surface area contributed by atoms with Crippen LogP contribution >= 0.6 is 0 Å². The fourth-order valence-corrected chi connectivity index (χ4v) is 1.94. The molecule has 1 saturated carbocycles. The van der Waals surface area contributed by atoms with Gasteiger partial charge in [0.05, 0.1) is 17.1 Å². The third-order valence-electron chi connectivity index (χ3n) is 2.84. The molecule has 0 saturated heterocycles. The van der Waals surface area contributed by atoms with E-state index in [1.54, 1.807) is 4.68 Å². The summed E-state index contributed by atoms with van der Waals surface area (Å²) in [7, 11) is 0. The molecule has 82 valence electrons. The van der Waals surface area contributed by atoms with E-state index >= 15 is 0 Å². The number of aliphatic hydroxyl groups is 1. The van der Waals surface area contributed by atoms with Crippen LogP contribution < -0.4 is 0 Å². The zero-order valence-corrected chi connectivity index (χ0v) is 8.24. The van der Waals surface area contributed by atoms with Gasteiger partial charge in [-0.2, -0.15) is 5.10 Å². The van der Waals surface area contributed by atoms with Crippen molar-refractivity contribution in [3.8, 4) is 0 Å². The molecule has 0 bridgehead atoms. The van der Waals surface area contributed by atoms with Gasteiger partial charge in [-0.15, -0.1) is 0 Å². The Morgan fingerprint density at radius 3 is 2.67 bits per heavy atom. The van der Waals surface area contributed by atoms with Crippen LogP contribution in [0.15, 0.2) is 12.4 Å². The second-order valence-corrected chi connectivity index (χ2v) is 3.90. The van der Waals surface area contributed by atoms with E-state index in [1.807, 2.05) is 0 Å². The number of aromatic nitrogens is 2. The van der Waals surface area contributed by atoms with Gasteiger partial charge in [0.1, 0.15) is 12.4 Å². The molecular weight excluding hydrogens is 198 g/mol. The van der Waals surface area contributed by atoms with E-state index in [2.05, 4.69) is 5.10 Å². The molecule has 15 heavy (non-hydrogen) atoms. The van der Waals surface area contributed by atoms with Gasteiger partial charge >= 0.3 is 5.69 Å². The maximum absolute atomic E-state index is 10.5. The van der Waals surface area contributed by atoms with Gasteiger partial charge in [0, 0.05) is 0 Å². The first-order valence-electron chi connectivity index (χ1n) is 5.03. The van der Waals surface area contributed by atoms with Crippen LogP contribution in [0.25, 0.3) is 0 Å². The summed E-state index contributed by atoms with van der Waals surface area (Å²) in [5.74, 6) is 0. The molecular formula is C9H13N3O3. The minimum atomic E-state index is -0.443. The quantitative estimate of drug-likeness (QED) is 0.590. The lowest BCUT2D eigenvalue weighted by atomic mass is 9.93. The second kappa shape index (κ2) is 3.98. The summed E-state index contributed by atoms with van der Waals surface area (Å²) in [6.07, 6.45) is 5.68. The van der Waals surface area contributed by atoms with Gasteiger partial charge < -0.3 is 5.11 Å². The van der Waals surface area contributed by atoms with Crippen molar-refractivity contribution in [2.75, 3.05) is 0 Å². The average molecular weight is 211 g/mol. The van der Waals surface area contributed by atoms with E-state index in [0.717, 1.165) is 25.7 Å². The van der Waals surface area contributed by atoms with Gasteiger partial charge in [0.15, 0.2) is 0 Å². The molecule has 6 nitrogen and oxygen atoms in total. The van der Waals surface area contributed by atoms with E-state index in [9.17, 15) is 15.2 Å². The Morgan fingerprint density at radius 2 is 2.13 bits per heavy atom. The van der Waals surface area contributed by atoms with Crippen molar-refractivity contribution in [1.82, 2.24) is 9.78 Å². The molecule has 1 aliphatic carbocycles. The summed E-state index contributed by atoms with van der Waals surface area (Å²) >= 11 is 0. The van der Waals surface area contributed by atoms with Crippen molar-refractivity contribution >= 4 is 5.69 Å². The summed E-state index contributed by atoms with van der Waals surface area (Å²) < 4.78 is 1.64. The van der Waals surface area contributed by atoms with Gasteiger partial charge in [-0.25, -0.2) is 0 Å². The fourth-order valence-electron chi connectivity index (χ4n) is 1.94. The minimum Gasteiger partial charge on any atom is -0.393 e. The predicted octanol–water partition coefficient (Wildman–Crippen LogP) is 1.27. The molecule has 0 aliphatic heterocycles. The molecule has 1 N–H and O–H groups in total. The van der Waals surface area contributed by atoms with Crippen LogP contribution in [0.5, 0.6) is 0 Å². The molecule has 0 spiro atoms. The monoisotopic (exact) mass is 211 g/mol. The smallest absolute Gasteiger partial charge is 0.307 e. The summed E-state index contributed by atoms with van der Waals surface area (Å²) in [5, 5.41) is 23.8. The lowest BCUT2D eigenvalue weighted by Gasteiger charge is -2.25. The molecule has 0 unspecified atom stereocenters. The predicted molar refractivity (Wildman–Crippen MR) is 52.4 cm³/mol. The minimum absolute atomic E-state index is 0.0288. The Morgan fingerprint density at radius 1 is 1.47 bits per heavy atom. The number of aliphatic hydroxyl groups excluding tert-OH is 1. The first-order chi connectivity index (χ1) is 7.16. The Balaban J connectivity index is 2.06. The van der Waals surface area contributed by atoms with Crippen molar-refractivity contribution in [2.24, 2.45) is 0 Å². The van der Waals surface area contributed by atoms with Crippen LogP contribution in [0.2, 0.25) is 0 Å².